The Labute approximate surface area is 152 Å². The van der Waals surface area contributed by atoms with Gasteiger partial charge in [-0.1, -0.05) is 43.7 Å². The fourth-order valence-electron chi connectivity index (χ4n) is 4.09. The van der Waals surface area contributed by atoms with E-state index in [1.165, 1.54) is 70.6 Å². The van der Waals surface area contributed by atoms with E-state index in [4.69, 9.17) is 24.4 Å². The minimum absolute atomic E-state index is 0.611. The molecule has 0 aliphatic heterocycles. The summed E-state index contributed by atoms with van der Waals surface area (Å²) in [5.74, 6) is 3.12. The molecule has 2 saturated carbocycles. The molecular formula is C17H28S4. The standard InChI is InChI=1S/C17H28S4/c18-16(19)14-8-4-12(5-9-14)2-1-3-13-6-10-15(11-7-13)17(20)21/h12-15H,1-11H2,(H,18,19)(H,20,21). The highest BCUT2D eigenvalue weighted by Gasteiger charge is 2.24. The molecule has 0 atom stereocenters. The first-order valence-corrected chi connectivity index (χ1v) is 10.2. The molecule has 0 spiro atoms. The quantitative estimate of drug-likeness (QED) is 0.422. The Balaban J connectivity index is 1.57. The lowest BCUT2D eigenvalue weighted by atomic mass is 9.77. The van der Waals surface area contributed by atoms with E-state index < -0.39 is 0 Å². The molecule has 0 heterocycles. The lowest BCUT2D eigenvalue weighted by molar-refractivity contribution is 0.268. The van der Waals surface area contributed by atoms with Crippen LogP contribution in [0.25, 0.3) is 0 Å². The van der Waals surface area contributed by atoms with Crippen LogP contribution in [0.5, 0.6) is 0 Å². The van der Waals surface area contributed by atoms with Crippen LogP contribution >= 0.6 is 49.7 Å². The summed E-state index contributed by atoms with van der Waals surface area (Å²) in [5, 5.41) is 0. The summed E-state index contributed by atoms with van der Waals surface area (Å²) in [6, 6.07) is 0. The lowest BCUT2D eigenvalue weighted by Crippen LogP contribution is -2.19. The summed E-state index contributed by atoms with van der Waals surface area (Å²) in [6.45, 7) is 0. The van der Waals surface area contributed by atoms with Gasteiger partial charge in [0.1, 0.15) is 0 Å². The van der Waals surface area contributed by atoms with Crippen molar-refractivity contribution in [3.8, 4) is 0 Å². The van der Waals surface area contributed by atoms with Crippen LogP contribution in [0.1, 0.15) is 70.6 Å². The summed E-state index contributed by atoms with van der Waals surface area (Å²) in [7, 11) is 0. The first-order valence-electron chi connectivity index (χ1n) is 8.52. The molecule has 0 aromatic carbocycles. The van der Waals surface area contributed by atoms with Gasteiger partial charge in [-0.15, -0.1) is 25.3 Å². The van der Waals surface area contributed by atoms with Gasteiger partial charge >= 0.3 is 0 Å². The van der Waals surface area contributed by atoms with E-state index in [1.54, 1.807) is 0 Å². The van der Waals surface area contributed by atoms with Gasteiger partial charge in [0.15, 0.2) is 0 Å². The molecule has 2 aliphatic carbocycles. The van der Waals surface area contributed by atoms with Crippen LogP contribution < -0.4 is 0 Å². The number of thiol groups is 2. The van der Waals surface area contributed by atoms with Gasteiger partial charge in [-0.25, -0.2) is 0 Å². The Morgan fingerprint density at radius 1 is 0.667 bits per heavy atom. The largest absolute Gasteiger partial charge is 0.136 e. The number of rotatable bonds is 6. The minimum atomic E-state index is 0.611. The van der Waals surface area contributed by atoms with Crippen molar-refractivity contribution in [2.75, 3.05) is 0 Å². The van der Waals surface area contributed by atoms with Crippen LogP contribution in [0.2, 0.25) is 0 Å². The second-order valence-electron chi connectivity index (χ2n) is 7.04. The molecule has 0 N–H and O–H groups in total. The van der Waals surface area contributed by atoms with Gasteiger partial charge in [-0.05, 0) is 75.0 Å². The molecule has 120 valence electrons. The van der Waals surface area contributed by atoms with Crippen molar-refractivity contribution in [2.45, 2.75) is 70.6 Å². The van der Waals surface area contributed by atoms with Crippen LogP contribution in [0.4, 0.5) is 0 Å². The Kier molecular flexibility index (Phi) is 8.02. The number of hydrogen-bond donors (Lipinski definition) is 2. The highest BCUT2D eigenvalue weighted by molar-refractivity contribution is 8.11. The zero-order chi connectivity index (χ0) is 15.2. The van der Waals surface area contributed by atoms with E-state index in [0.29, 0.717) is 11.8 Å². The SMILES string of the molecule is S=C(S)C1CCC(CCCC2CCC(C(=S)S)CC2)CC1. The normalized spacial score (nSPS) is 33.6. The molecule has 0 saturated heterocycles. The zero-order valence-electron chi connectivity index (χ0n) is 12.8. The molecule has 2 fully saturated rings. The molecule has 0 aromatic heterocycles. The third-order valence-corrected chi connectivity index (χ3v) is 7.01. The average molecular weight is 361 g/mol. The smallest absolute Gasteiger partial charge is 0.0479 e. The van der Waals surface area contributed by atoms with E-state index in [-0.39, 0.29) is 0 Å². The lowest BCUT2D eigenvalue weighted by Gasteiger charge is -2.30. The van der Waals surface area contributed by atoms with Gasteiger partial charge in [0, 0.05) is 8.39 Å². The van der Waals surface area contributed by atoms with Crippen molar-refractivity contribution < 1.29 is 0 Å². The van der Waals surface area contributed by atoms with E-state index in [2.05, 4.69) is 25.3 Å². The molecular weight excluding hydrogens is 332 g/mol. The van der Waals surface area contributed by atoms with Crippen molar-refractivity contribution in [1.82, 2.24) is 0 Å². The number of thiocarbonyl (C=S) groups is 2. The highest BCUT2D eigenvalue weighted by Crippen LogP contribution is 2.36. The van der Waals surface area contributed by atoms with Crippen LogP contribution in [-0.4, -0.2) is 8.39 Å². The van der Waals surface area contributed by atoms with Crippen LogP contribution in [0, 0.1) is 23.7 Å². The van der Waals surface area contributed by atoms with Crippen molar-refractivity contribution in [3.05, 3.63) is 0 Å². The Hall–Kier alpha value is 0.880. The van der Waals surface area contributed by atoms with Crippen molar-refractivity contribution in [2.24, 2.45) is 23.7 Å². The van der Waals surface area contributed by atoms with Crippen molar-refractivity contribution in [1.29, 1.82) is 0 Å². The van der Waals surface area contributed by atoms with E-state index in [1.807, 2.05) is 0 Å². The maximum absolute atomic E-state index is 5.20. The minimum Gasteiger partial charge on any atom is -0.136 e. The molecule has 2 rings (SSSR count). The van der Waals surface area contributed by atoms with Gasteiger partial charge in [-0.3, -0.25) is 0 Å². The van der Waals surface area contributed by atoms with Crippen LogP contribution in [0.15, 0.2) is 0 Å². The van der Waals surface area contributed by atoms with Crippen LogP contribution in [-0.2, 0) is 0 Å². The molecule has 0 radical (unpaired) electrons. The predicted octanol–water partition coefficient (Wildman–Crippen LogP) is 6.28. The summed E-state index contributed by atoms with van der Waals surface area (Å²) >= 11 is 19.1. The van der Waals surface area contributed by atoms with Crippen LogP contribution in [0.3, 0.4) is 0 Å². The Bertz CT molecular complexity index is 316. The summed E-state index contributed by atoms with van der Waals surface area (Å²) in [4.78, 5) is 0. The van der Waals surface area contributed by atoms with E-state index in [9.17, 15) is 0 Å². The van der Waals surface area contributed by atoms with E-state index >= 15 is 0 Å². The maximum atomic E-state index is 5.20. The third-order valence-electron chi connectivity index (χ3n) is 5.62. The summed E-state index contributed by atoms with van der Waals surface area (Å²) < 4.78 is 1.87. The van der Waals surface area contributed by atoms with Gasteiger partial charge in [0.2, 0.25) is 0 Å². The maximum Gasteiger partial charge on any atom is 0.0479 e. The first-order chi connectivity index (χ1) is 10.1. The monoisotopic (exact) mass is 360 g/mol. The molecule has 0 aromatic rings. The zero-order valence-corrected chi connectivity index (χ0v) is 16.2. The molecule has 21 heavy (non-hydrogen) atoms. The van der Waals surface area contributed by atoms with E-state index in [0.717, 1.165) is 20.2 Å². The fraction of sp³-hybridized carbons (Fsp3) is 0.882. The summed E-state index contributed by atoms with van der Waals surface area (Å²) in [5.41, 5.74) is 0. The Morgan fingerprint density at radius 2 is 1.00 bits per heavy atom. The number of hydrogen-bond acceptors (Lipinski definition) is 2. The fourth-order valence-corrected chi connectivity index (χ4v) is 5.08. The third kappa shape index (κ3) is 6.12. The van der Waals surface area contributed by atoms with Gasteiger partial charge in [-0.2, -0.15) is 0 Å². The van der Waals surface area contributed by atoms with Crippen molar-refractivity contribution >= 4 is 58.1 Å². The molecule has 0 bridgehead atoms. The second kappa shape index (κ2) is 9.24. The van der Waals surface area contributed by atoms with Gasteiger partial charge in [0.05, 0.1) is 0 Å². The van der Waals surface area contributed by atoms with Gasteiger partial charge < -0.3 is 0 Å². The van der Waals surface area contributed by atoms with Crippen molar-refractivity contribution in [3.63, 3.8) is 0 Å². The Morgan fingerprint density at radius 3 is 1.29 bits per heavy atom. The highest BCUT2D eigenvalue weighted by atomic mass is 32.1. The molecule has 0 amide bonds. The first kappa shape index (κ1) is 18.2. The summed E-state index contributed by atoms with van der Waals surface area (Å²) in [6.07, 6.45) is 14.8. The molecule has 0 nitrogen and oxygen atoms in total. The topological polar surface area (TPSA) is 0 Å². The van der Waals surface area contributed by atoms with Gasteiger partial charge in [0.25, 0.3) is 0 Å². The average Bonchev–Trinajstić information content (AvgIpc) is 2.48. The second-order valence-corrected chi connectivity index (χ2v) is 9.49. The molecule has 4 heteroatoms. The molecule has 0 unspecified atom stereocenters. The predicted molar refractivity (Wildman–Crippen MR) is 108 cm³/mol. The molecule has 2 aliphatic rings.